The normalized spacial score (nSPS) is 10.5. The number of hydrogen-bond donors (Lipinski definition) is 0. The zero-order valence-electron chi connectivity index (χ0n) is 9.75. The largest absolute Gasteiger partial charge is 0.293 e. The molecule has 1 aromatic carbocycles. The number of thiocyanates is 1. The Kier molecular flexibility index (Phi) is 2.94. The molecule has 19 heavy (non-hydrogen) atoms. The van der Waals surface area contributed by atoms with Gasteiger partial charge in [-0.1, -0.05) is 6.07 Å². The van der Waals surface area contributed by atoms with Crippen molar-refractivity contribution >= 4 is 17.4 Å². The molecule has 5 heteroatoms. The minimum atomic E-state index is -0.290. The second kappa shape index (κ2) is 4.75. The maximum Gasteiger partial charge on any atom is 0.140 e. The molecule has 0 atom stereocenters. The molecule has 2 heterocycles. The number of fused-ring (bicyclic) bond motifs is 1. The van der Waals surface area contributed by atoms with Crippen molar-refractivity contribution in [2.24, 2.45) is 0 Å². The predicted octanol–water partition coefficient (Wildman–Crippen LogP) is 3.71. The molecule has 0 N–H and O–H groups in total. The number of hydrogen-bond acceptors (Lipinski definition) is 3. The molecule has 0 saturated carbocycles. The third-order valence-electron chi connectivity index (χ3n) is 2.75. The van der Waals surface area contributed by atoms with E-state index in [-0.39, 0.29) is 5.82 Å². The molecule has 0 amide bonds. The lowest BCUT2D eigenvalue weighted by Crippen LogP contribution is -1.85. The molecule has 92 valence electrons. The van der Waals surface area contributed by atoms with E-state index in [1.54, 1.807) is 12.1 Å². The molecule has 0 bridgehead atoms. The molecule has 0 fully saturated rings. The molecule has 0 unspecified atom stereocenters. The number of thioether (sulfide) groups is 1. The summed E-state index contributed by atoms with van der Waals surface area (Å²) in [6.45, 7) is 0. The number of rotatable bonds is 2. The van der Waals surface area contributed by atoms with E-state index in [2.05, 4.69) is 10.4 Å². The van der Waals surface area contributed by atoms with Gasteiger partial charge >= 0.3 is 0 Å². The fourth-order valence-electron chi connectivity index (χ4n) is 1.91. The first-order chi connectivity index (χ1) is 9.29. The average Bonchev–Trinajstić information content (AvgIpc) is 2.79. The van der Waals surface area contributed by atoms with E-state index in [4.69, 9.17) is 5.26 Å². The summed E-state index contributed by atoms with van der Waals surface area (Å²) in [6, 6.07) is 11.7. The van der Waals surface area contributed by atoms with Crippen molar-refractivity contribution in [2.75, 3.05) is 0 Å². The van der Waals surface area contributed by atoms with Gasteiger partial charge < -0.3 is 0 Å². The fraction of sp³-hybridized carbons (Fsp3) is 0. The summed E-state index contributed by atoms with van der Waals surface area (Å²) in [4.78, 5) is 4.50. The summed E-state index contributed by atoms with van der Waals surface area (Å²) in [6.07, 6.45) is 1.86. The van der Waals surface area contributed by atoms with Crippen molar-refractivity contribution in [2.45, 2.75) is 5.03 Å². The Labute approximate surface area is 113 Å². The highest BCUT2D eigenvalue weighted by Crippen LogP contribution is 2.31. The molecule has 0 aliphatic rings. The van der Waals surface area contributed by atoms with Crippen molar-refractivity contribution in [1.29, 1.82) is 5.26 Å². The Bertz CT molecular complexity index is 771. The lowest BCUT2D eigenvalue weighted by Gasteiger charge is -2.00. The number of nitrogens with zero attached hydrogens (tertiary/aromatic N) is 3. The van der Waals surface area contributed by atoms with Gasteiger partial charge in [0.15, 0.2) is 0 Å². The molecular formula is C14H8FN3S. The van der Waals surface area contributed by atoms with Crippen molar-refractivity contribution in [1.82, 2.24) is 9.38 Å². The first-order valence-corrected chi connectivity index (χ1v) is 6.40. The molecular weight excluding hydrogens is 261 g/mol. The Morgan fingerprint density at radius 3 is 2.68 bits per heavy atom. The SMILES string of the molecule is N#CSc1c(-c2ccc(F)cc2)nc2ccccn12. The molecule has 0 radical (unpaired) electrons. The van der Waals surface area contributed by atoms with E-state index >= 15 is 0 Å². The van der Waals surface area contributed by atoms with Crippen LogP contribution in [0.5, 0.6) is 0 Å². The topological polar surface area (TPSA) is 41.1 Å². The molecule has 0 aliphatic carbocycles. The molecule has 2 aromatic heterocycles. The molecule has 3 rings (SSSR count). The summed E-state index contributed by atoms with van der Waals surface area (Å²) < 4.78 is 14.8. The molecule has 0 spiro atoms. The number of pyridine rings is 1. The van der Waals surface area contributed by atoms with E-state index in [1.165, 1.54) is 12.1 Å². The summed E-state index contributed by atoms with van der Waals surface area (Å²) in [5, 5.41) is 11.7. The van der Waals surface area contributed by atoms with Crippen LogP contribution in [0.2, 0.25) is 0 Å². The Morgan fingerprint density at radius 1 is 1.16 bits per heavy atom. The highest BCUT2D eigenvalue weighted by Gasteiger charge is 2.14. The van der Waals surface area contributed by atoms with Crippen LogP contribution in [-0.2, 0) is 0 Å². The lowest BCUT2D eigenvalue weighted by atomic mass is 10.2. The average molecular weight is 269 g/mol. The van der Waals surface area contributed by atoms with Gasteiger partial charge in [0.1, 0.15) is 27.6 Å². The van der Waals surface area contributed by atoms with E-state index in [0.29, 0.717) is 5.69 Å². The van der Waals surface area contributed by atoms with Crippen molar-refractivity contribution < 1.29 is 4.39 Å². The summed E-state index contributed by atoms with van der Waals surface area (Å²) in [7, 11) is 0. The van der Waals surface area contributed by atoms with Gasteiger partial charge in [0, 0.05) is 23.5 Å². The first-order valence-electron chi connectivity index (χ1n) is 5.58. The van der Waals surface area contributed by atoms with E-state index in [0.717, 1.165) is 28.0 Å². The van der Waals surface area contributed by atoms with Crippen LogP contribution in [0.1, 0.15) is 0 Å². The number of halogens is 1. The molecule has 0 aliphatic heterocycles. The van der Waals surface area contributed by atoms with Crippen LogP contribution in [0.25, 0.3) is 16.9 Å². The number of aromatic nitrogens is 2. The minimum absolute atomic E-state index is 0.290. The third-order valence-corrected chi connectivity index (χ3v) is 3.42. The minimum Gasteiger partial charge on any atom is -0.293 e. The van der Waals surface area contributed by atoms with Gasteiger partial charge in [-0.2, -0.15) is 5.26 Å². The van der Waals surface area contributed by atoms with Gasteiger partial charge in [0.25, 0.3) is 0 Å². The van der Waals surface area contributed by atoms with Crippen LogP contribution in [-0.4, -0.2) is 9.38 Å². The fourth-order valence-corrected chi connectivity index (χ4v) is 2.51. The highest BCUT2D eigenvalue weighted by molar-refractivity contribution is 8.03. The standard InChI is InChI=1S/C14H8FN3S/c15-11-6-4-10(5-7-11)13-14(19-9-16)18-8-2-1-3-12(18)17-13/h1-8H. The van der Waals surface area contributed by atoms with Gasteiger partial charge in [-0.05, 0) is 36.4 Å². The zero-order valence-corrected chi connectivity index (χ0v) is 10.6. The van der Waals surface area contributed by atoms with E-state index < -0.39 is 0 Å². The number of benzene rings is 1. The number of nitriles is 1. The smallest absolute Gasteiger partial charge is 0.140 e. The van der Waals surface area contributed by atoms with Crippen molar-refractivity contribution in [3.8, 4) is 16.7 Å². The molecule has 0 saturated heterocycles. The third kappa shape index (κ3) is 2.07. The van der Waals surface area contributed by atoms with Crippen LogP contribution in [0.4, 0.5) is 4.39 Å². The Hall–Kier alpha value is -2.32. The maximum absolute atomic E-state index is 13.0. The quantitative estimate of drug-likeness (QED) is 0.526. The van der Waals surface area contributed by atoms with E-state index in [1.807, 2.05) is 28.8 Å². The first kappa shape index (κ1) is 11.8. The maximum atomic E-state index is 13.0. The summed E-state index contributed by atoms with van der Waals surface area (Å²) in [5.41, 5.74) is 2.25. The second-order valence-corrected chi connectivity index (χ2v) is 4.67. The van der Waals surface area contributed by atoms with E-state index in [9.17, 15) is 4.39 Å². The molecule has 3 aromatic rings. The van der Waals surface area contributed by atoms with Crippen LogP contribution >= 0.6 is 11.8 Å². The zero-order chi connectivity index (χ0) is 13.2. The van der Waals surface area contributed by atoms with Gasteiger partial charge in [-0.15, -0.1) is 0 Å². The van der Waals surface area contributed by atoms with Gasteiger partial charge in [-0.25, -0.2) is 9.37 Å². The van der Waals surface area contributed by atoms with Crippen LogP contribution in [0, 0.1) is 16.5 Å². The van der Waals surface area contributed by atoms with Crippen LogP contribution in [0.3, 0.4) is 0 Å². The number of imidazole rings is 1. The second-order valence-electron chi connectivity index (χ2n) is 3.89. The summed E-state index contributed by atoms with van der Waals surface area (Å²) in [5.74, 6) is -0.290. The molecule has 3 nitrogen and oxygen atoms in total. The van der Waals surface area contributed by atoms with Crippen molar-refractivity contribution in [3.63, 3.8) is 0 Å². The van der Waals surface area contributed by atoms with Gasteiger partial charge in [-0.3, -0.25) is 4.40 Å². The van der Waals surface area contributed by atoms with Crippen LogP contribution in [0.15, 0.2) is 53.7 Å². The predicted molar refractivity (Wildman–Crippen MR) is 72.1 cm³/mol. The summed E-state index contributed by atoms with van der Waals surface area (Å²) >= 11 is 1.05. The van der Waals surface area contributed by atoms with Gasteiger partial charge in [0.05, 0.1) is 0 Å². The Balaban J connectivity index is 2.25. The lowest BCUT2D eigenvalue weighted by molar-refractivity contribution is 0.628. The monoisotopic (exact) mass is 269 g/mol. The Morgan fingerprint density at radius 2 is 1.95 bits per heavy atom. The van der Waals surface area contributed by atoms with Crippen molar-refractivity contribution in [3.05, 3.63) is 54.5 Å². The van der Waals surface area contributed by atoms with Crippen LogP contribution < -0.4 is 0 Å². The van der Waals surface area contributed by atoms with Gasteiger partial charge in [0.2, 0.25) is 0 Å². The highest BCUT2D eigenvalue weighted by atomic mass is 32.2.